The van der Waals surface area contributed by atoms with Crippen molar-refractivity contribution in [2.75, 3.05) is 6.54 Å². The van der Waals surface area contributed by atoms with Crippen LogP contribution >= 0.6 is 0 Å². The number of hydrogen-bond donors (Lipinski definition) is 4. The van der Waals surface area contributed by atoms with Crippen LogP contribution in [0.3, 0.4) is 0 Å². The van der Waals surface area contributed by atoms with Crippen molar-refractivity contribution in [3.8, 4) is 0 Å². The molecule has 0 saturated carbocycles. The molecule has 0 radical (unpaired) electrons. The molecule has 0 aliphatic carbocycles. The van der Waals surface area contributed by atoms with Crippen molar-refractivity contribution in [2.24, 2.45) is 5.73 Å². The maximum atomic E-state index is 10.9. The summed E-state index contributed by atoms with van der Waals surface area (Å²) in [4.78, 5) is 13.4. The number of aromatic nitrogens is 1. The topological polar surface area (TPSA) is 99.3 Å². The highest BCUT2D eigenvalue weighted by Crippen LogP contribution is 2.17. The third-order valence-corrected chi connectivity index (χ3v) is 2.08. The van der Waals surface area contributed by atoms with Crippen LogP contribution in [0, 0.1) is 6.92 Å². The second kappa shape index (κ2) is 4.36. The van der Waals surface area contributed by atoms with E-state index in [4.69, 9.17) is 5.73 Å². The molecule has 0 fully saturated rings. The number of nitrogens with one attached hydrogen (secondary N) is 1. The summed E-state index contributed by atoms with van der Waals surface area (Å²) in [6.45, 7) is 1.63. The first-order valence-corrected chi connectivity index (χ1v) is 4.32. The van der Waals surface area contributed by atoms with Gasteiger partial charge < -0.3 is 20.9 Å². The molecular formula is C9H14N2O3. The van der Waals surface area contributed by atoms with E-state index in [0.717, 1.165) is 0 Å². The van der Waals surface area contributed by atoms with Gasteiger partial charge in [-0.05, 0) is 13.0 Å². The van der Waals surface area contributed by atoms with Gasteiger partial charge in [-0.1, -0.05) is 0 Å². The molecule has 2 unspecified atom stereocenters. The molecule has 0 aliphatic heterocycles. The van der Waals surface area contributed by atoms with Gasteiger partial charge in [0, 0.05) is 23.9 Å². The van der Waals surface area contributed by atoms with E-state index in [1.54, 1.807) is 6.92 Å². The number of aryl methyl sites for hydroxylation is 1. The van der Waals surface area contributed by atoms with Crippen molar-refractivity contribution in [1.82, 2.24) is 4.98 Å². The summed E-state index contributed by atoms with van der Waals surface area (Å²) < 4.78 is 0. The molecule has 5 N–H and O–H groups in total. The number of aliphatic hydroxyl groups excluding tert-OH is 2. The summed E-state index contributed by atoms with van der Waals surface area (Å²) in [7, 11) is 0. The molecule has 0 aliphatic rings. The zero-order valence-electron chi connectivity index (χ0n) is 7.90. The molecular weight excluding hydrogens is 184 g/mol. The Morgan fingerprint density at radius 1 is 1.50 bits per heavy atom. The molecule has 5 heteroatoms. The monoisotopic (exact) mass is 198 g/mol. The minimum Gasteiger partial charge on any atom is -0.389 e. The van der Waals surface area contributed by atoms with Crippen LogP contribution in [-0.4, -0.2) is 27.8 Å². The lowest BCUT2D eigenvalue weighted by Crippen LogP contribution is -2.28. The lowest BCUT2D eigenvalue weighted by molar-refractivity contribution is 0.0237. The number of aromatic amines is 1. The molecule has 0 amide bonds. The second-order valence-corrected chi connectivity index (χ2v) is 3.15. The standard InChI is InChI=1S/C9H14N2O3/c1-5-6(2-3-8(13)11-5)9(14)7(12)4-10/h2-3,7,9,12,14H,4,10H2,1H3,(H,11,13). The normalized spacial score (nSPS) is 15.1. The highest BCUT2D eigenvalue weighted by atomic mass is 16.3. The molecule has 2 atom stereocenters. The zero-order chi connectivity index (χ0) is 10.7. The smallest absolute Gasteiger partial charge is 0.248 e. The fourth-order valence-electron chi connectivity index (χ4n) is 1.25. The van der Waals surface area contributed by atoms with Gasteiger partial charge in [-0.25, -0.2) is 0 Å². The summed E-state index contributed by atoms with van der Waals surface area (Å²) in [5.74, 6) is 0. The quantitative estimate of drug-likeness (QED) is 0.502. The van der Waals surface area contributed by atoms with Crippen LogP contribution in [0.25, 0.3) is 0 Å². The van der Waals surface area contributed by atoms with Crippen molar-refractivity contribution in [3.63, 3.8) is 0 Å². The van der Waals surface area contributed by atoms with Crippen LogP contribution in [0.15, 0.2) is 16.9 Å². The molecule has 0 spiro atoms. The maximum absolute atomic E-state index is 10.9. The highest BCUT2D eigenvalue weighted by molar-refractivity contribution is 5.22. The van der Waals surface area contributed by atoms with Gasteiger partial charge in [0.15, 0.2) is 0 Å². The van der Waals surface area contributed by atoms with Crippen LogP contribution < -0.4 is 11.3 Å². The van der Waals surface area contributed by atoms with Crippen LogP contribution in [0.4, 0.5) is 0 Å². The lowest BCUT2D eigenvalue weighted by atomic mass is 10.0. The van der Waals surface area contributed by atoms with E-state index in [9.17, 15) is 15.0 Å². The first kappa shape index (κ1) is 10.9. The number of aliphatic hydroxyl groups is 2. The highest BCUT2D eigenvalue weighted by Gasteiger charge is 2.18. The van der Waals surface area contributed by atoms with Gasteiger partial charge in [-0.2, -0.15) is 0 Å². The minimum absolute atomic E-state index is 0.0280. The average molecular weight is 198 g/mol. The Hall–Kier alpha value is -1.17. The fraction of sp³-hybridized carbons (Fsp3) is 0.444. The lowest BCUT2D eigenvalue weighted by Gasteiger charge is -2.17. The van der Waals surface area contributed by atoms with Crippen molar-refractivity contribution in [1.29, 1.82) is 0 Å². The summed E-state index contributed by atoms with van der Waals surface area (Å²) in [6.07, 6.45) is -2.07. The van der Waals surface area contributed by atoms with Gasteiger partial charge >= 0.3 is 0 Å². The Morgan fingerprint density at radius 3 is 2.64 bits per heavy atom. The van der Waals surface area contributed by atoms with Gasteiger partial charge in [0.25, 0.3) is 0 Å². The zero-order valence-corrected chi connectivity index (χ0v) is 7.90. The Labute approximate surface area is 81.2 Å². The molecule has 78 valence electrons. The van der Waals surface area contributed by atoms with Crippen LogP contribution in [0.1, 0.15) is 17.4 Å². The second-order valence-electron chi connectivity index (χ2n) is 3.15. The Kier molecular flexibility index (Phi) is 3.40. The third-order valence-electron chi connectivity index (χ3n) is 2.08. The van der Waals surface area contributed by atoms with Crippen molar-refractivity contribution in [3.05, 3.63) is 33.7 Å². The fourth-order valence-corrected chi connectivity index (χ4v) is 1.25. The summed E-state index contributed by atoms with van der Waals surface area (Å²) in [6, 6.07) is 2.78. The minimum atomic E-state index is -1.06. The van der Waals surface area contributed by atoms with Crippen molar-refractivity contribution < 1.29 is 10.2 Å². The summed E-state index contributed by atoms with van der Waals surface area (Å²) in [5, 5.41) is 18.9. The molecule has 14 heavy (non-hydrogen) atoms. The van der Waals surface area contributed by atoms with E-state index in [-0.39, 0.29) is 12.1 Å². The predicted molar refractivity (Wildman–Crippen MR) is 51.8 cm³/mol. The van der Waals surface area contributed by atoms with E-state index in [1.807, 2.05) is 0 Å². The van der Waals surface area contributed by atoms with Gasteiger partial charge in [0.05, 0.1) is 6.10 Å². The molecule has 1 rings (SSSR count). The van der Waals surface area contributed by atoms with E-state index < -0.39 is 12.2 Å². The van der Waals surface area contributed by atoms with E-state index in [1.165, 1.54) is 12.1 Å². The number of nitrogens with two attached hydrogens (primary N) is 1. The molecule has 1 aromatic rings. The SMILES string of the molecule is Cc1[nH]c(=O)ccc1C(O)C(O)CN. The molecule has 5 nitrogen and oxygen atoms in total. The summed E-state index contributed by atoms with van der Waals surface area (Å²) >= 11 is 0. The molecule has 0 aromatic carbocycles. The predicted octanol–water partition coefficient (Wildman–Crippen LogP) is -0.964. The number of hydrogen-bond acceptors (Lipinski definition) is 4. The molecule has 0 saturated heterocycles. The maximum Gasteiger partial charge on any atom is 0.248 e. The average Bonchev–Trinajstić information content (AvgIpc) is 2.15. The molecule has 1 aromatic heterocycles. The van der Waals surface area contributed by atoms with E-state index >= 15 is 0 Å². The van der Waals surface area contributed by atoms with Crippen molar-refractivity contribution >= 4 is 0 Å². The third kappa shape index (κ3) is 2.20. The van der Waals surface area contributed by atoms with Crippen LogP contribution in [0.5, 0.6) is 0 Å². The Morgan fingerprint density at radius 2 is 2.14 bits per heavy atom. The van der Waals surface area contributed by atoms with Gasteiger partial charge in [0.1, 0.15) is 6.10 Å². The summed E-state index contributed by atoms with van der Waals surface area (Å²) in [5.41, 5.74) is 6.00. The van der Waals surface area contributed by atoms with E-state index in [2.05, 4.69) is 4.98 Å². The first-order valence-electron chi connectivity index (χ1n) is 4.32. The van der Waals surface area contributed by atoms with Gasteiger partial charge in [-0.3, -0.25) is 4.79 Å². The van der Waals surface area contributed by atoms with E-state index in [0.29, 0.717) is 11.3 Å². The first-order chi connectivity index (χ1) is 6.56. The van der Waals surface area contributed by atoms with Gasteiger partial charge in [-0.15, -0.1) is 0 Å². The number of rotatable bonds is 3. The number of pyridine rings is 1. The van der Waals surface area contributed by atoms with Crippen LogP contribution in [-0.2, 0) is 0 Å². The van der Waals surface area contributed by atoms with Crippen molar-refractivity contribution in [2.45, 2.75) is 19.1 Å². The number of H-pyrrole nitrogens is 1. The van der Waals surface area contributed by atoms with Gasteiger partial charge in [0.2, 0.25) is 5.56 Å². The van der Waals surface area contributed by atoms with Crippen LogP contribution in [0.2, 0.25) is 0 Å². The largest absolute Gasteiger partial charge is 0.389 e. The Balaban J connectivity index is 3.01. The molecule has 1 heterocycles. The Bertz CT molecular complexity index is 361. The molecule has 0 bridgehead atoms.